The van der Waals surface area contributed by atoms with E-state index in [0.29, 0.717) is 15.0 Å². The van der Waals surface area contributed by atoms with Crippen molar-refractivity contribution >= 4 is 33.3 Å². The average Bonchev–Trinajstić information content (AvgIpc) is 2.80. The minimum atomic E-state index is -1.08. The molecule has 0 saturated carbocycles. The number of rotatable bonds is 4. The third kappa shape index (κ3) is 2.80. The van der Waals surface area contributed by atoms with Gasteiger partial charge in [-0.15, -0.1) is 11.3 Å². The topological polar surface area (TPSA) is 66.4 Å². The average molecular weight is 295 g/mol. The van der Waals surface area contributed by atoms with Gasteiger partial charge in [-0.2, -0.15) is 0 Å². The van der Waals surface area contributed by atoms with Crippen LogP contribution < -0.4 is 5.32 Å². The molecule has 0 unspecified atom stereocenters. The maximum atomic E-state index is 13.6. The van der Waals surface area contributed by atoms with E-state index in [-0.39, 0.29) is 5.92 Å². The molecule has 0 aliphatic rings. The van der Waals surface area contributed by atoms with Gasteiger partial charge in [0, 0.05) is 10.1 Å². The number of carboxylic acids is 1. The van der Waals surface area contributed by atoms with Gasteiger partial charge >= 0.3 is 5.97 Å². The monoisotopic (exact) mass is 295 g/mol. The van der Waals surface area contributed by atoms with Crippen molar-refractivity contribution in [3.05, 3.63) is 35.0 Å². The molecule has 6 heteroatoms. The molecule has 0 aliphatic heterocycles. The highest BCUT2D eigenvalue weighted by atomic mass is 32.1. The fourth-order valence-corrected chi connectivity index (χ4v) is 2.84. The standard InChI is InChI=1S/C14H14FNO3S/c1-7(2)12(14(18)19)16-13(17)11-6-8-9(15)4-3-5-10(8)20-11/h3-7,12H,1-2H3,(H,16,17)(H,18,19)/t12-/m0/s1. The Kier molecular flexibility index (Phi) is 4.04. The van der Waals surface area contributed by atoms with Gasteiger partial charge in [0.05, 0.1) is 4.88 Å². The van der Waals surface area contributed by atoms with Gasteiger partial charge in [0.1, 0.15) is 11.9 Å². The van der Waals surface area contributed by atoms with Crippen molar-refractivity contribution in [1.29, 1.82) is 0 Å². The number of thiophene rings is 1. The van der Waals surface area contributed by atoms with Crippen LogP contribution in [0, 0.1) is 11.7 Å². The van der Waals surface area contributed by atoms with Crippen molar-refractivity contribution in [2.45, 2.75) is 19.9 Å². The second kappa shape index (κ2) is 5.58. The molecule has 1 aromatic carbocycles. The lowest BCUT2D eigenvalue weighted by Crippen LogP contribution is -2.44. The van der Waals surface area contributed by atoms with Crippen LogP contribution in [0.5, 0.6) is 0 Å². The molecular formula is C14H14FNO3S. The molecule has 2 rings (SSSR count). The largest absolute Gasteiger partial charge is 0.480 e. The highest BCUT2D eigenvalue weighted by molar-refractivity contribution is 7.20. The number of benzene rings is 1. The number of carboxylic acid groups (broad SMARTS) is 1. The maximum Gasteiger partial charge on any atom is 0.326 e. The summed E-state index contributed by atoms with van der Waals surface area (Å²) >= 11 is 1.14. The molecule has 106 valence electrons. The van der Waals surface area contributed by atoms with Gasteiger partial charge in [-0.25, -0.2) is 9.18 Å². The van der Waals surface area contributed by atoms with Crippen LogP contribution in [-0.2, 0) is 4.79 Å². The molecule has 4 nitrogen and oxygen atoms in total. The van der Waals surface area contributed by atoms with Gasteiger partial charge < -0.3 is 10.4 Å². The van der Waals surface area contributed by atoms with Crippen LogP contribution >= 0.6 is 11.3 Å². The zero-order valence-corrected chi connectivity index (χ0v) is 11.8. The predicted molar refractivity (Wildman–Crippen MR) is 75.5 cm³/mol. The van der Waals surface area contributed by atoms with Crippen LogP contribution in [0.4, 0.5) is 4.39 Å². The molecule has 0 saturated heterocycles. The number of fused-ring (bicyclic) bond motifs is 1. The van der Waals surface area contributed by atoms with E-state index in [1.807, 2.05) is 0 Å². The Balaban J connectivity index is 2.27. The van der Waals surface area contributed by atoms with Crippen molar-refractivity contribution in [2.24, 2.45) is 5.92 Å². The number of halogens is 1. The number of hydrogen-bond acceptors (Lipinski definition) is 3. The number of carbonyl (C=O) groups excluding carboxylic acids is 1. The molecule has 20 heavy (non-hydrogen) atoms. The van der Waals surface area contributed by atoms with Crippen LogP contribution in [-0.4, -0.2) is 23.0 Å². The summed E-state index contributed by atoms with van der Waals surface area (Å²) in [5.74, 6) is -2.20. The molecule has 0 aliphatic carbocycles. The quantitative estimate of drug-likeness (QED) is 0.911. The van der Waals surface area contributed by atoms with Gasteiger partial charge in [0.25, 0.3) is 5.91 Å². The SMILES string of the molecule is CC(C)[C@H](NC(=O)c1cc2c(F)cccc2s1)C(=O)O. The summed E-state index contributed by atoms with van der Waals surface area (Å²) in [5, 5.41) is 11.9. The Bertz CT molecular complexity index is 665. The summed E-state index contributed by atoms with van der Waals surface area (Å²) in [4.78, 5) is 23.4. The summed E-state index contributed by atoms with van der Waals surface area (Å²) in [6, 6.07) is 5.10. The fraction of sp³-hybridized carbons (Fsp3) is 0.286. The first-order valence-electron chi connectivity index (χ1n) is 6.12. The van der Waals surface area contributed by atoms with Crippen LogP contribution in [0.2, 0.25) is 0 Å². The minimum Gasteiger partial charge on any atom is -0.480 e. The van der Waals surface area contributed by atoms with Crippen LogP contribution in [0.1, 0.15) is 23.5 Å². The molecule has 1 heterocycles. The first-order valence-corrected chi connectivity index (χ1v) is 6.93. The summed E-state index contributed by atoms with van der Waals surface area (Å²) < 4.78 is 14.2. The van der Waals surface area contributed by atoms with Gasteiger partial charge in [-0.3, -0.25) is 4.79 Å². The van der Waals surface area contributed by atoms with Gasteiger partial charge in [-0.05, 0) is 24.1 Å². The van der Waals surface area contributed by atoms with Crippen molar-refractivity contribution in [3.63, 3.8) is 0 Å². The van der Waals surface area contributed by atoms with Gasteiger partial charge in [0.15, 0.2) is 0 Å². The first kappa shape index (κ1) is 14.5. The van der Waals surface area contributed by atoms with Gasteiger partial charge in [-0.1, -0.05) is 19.9 Å². The first-order chi connectivity index (χ1) is 9.40. The highest BCUT2D eigenvalue weighted by Crippen LogP contribution is 2.27. The van der Waals surface area contributed by atoms with Gasteiger partial charge in [0.2, 0.25) is 0 Å². The summed E-state index contributed by atoms with van der Waals surface area (Å²) in [6.07, 6.45) is 0. The molecule has 0 spiro atoms. The van der Waals surface area contributed by atoms with Crippen molar-refractivity contribution in [3.8, 4) is 0 Å². The van der Waals surface area contributed by atoms with Crippen LogP contribution in [0.15, 0.2) is 24.3 Å². The van der Waals surface area contributed by atoms with Crippen molar-refractivity contribution in [1.82, 2.24) is 5.32 Å². The third-order valence-corrected chi connectivity index (χ3v) is 4.05. The molecule has 2 N–H and O–H groups in total. The van der Waals surface area contributed by atoms with E-state index in [1.165, 1.54) is 12.1 Å². The molecule has 2 aromatic rings. The number of aliphatic carboxylic acids is 1. The summed E-state index contributed by atoms with van der Waals surface area (Å²) in [5.41, 5.74) is 0. The minimum absolute atomic E-state index is 0.234. The molecule has 1 aromatic heterocycles. The number of nitrogens with one attached hydrogen (secondary N) is 1. The zero-order valence-electron chi connectivity index (χ0n) is 11.0. The molecule has 0 fully saturated rings. The Morgan fingerprint density at radius 2 is 2.05 bits per heavy atom. The van der Waals surface area contributed by atoms with Crippen molar-refractivity contribution in [2.75, 3.05) is 0 Å². The number of amides is 1. The van der Waals surface area contributed by atoms with E-state index >= 15 is 0 Å². The van der Waals surface area contributed by atoms with E-state index in [2.05, 4.69) is 5.32 Å². The fourth-order valence-electron chi connectivity index (χ4n) is 1.86. The number of carbonyl (C=O) groups is 2. The van der Waals surface area contributed by atoms with E-state index in [1.54, 1.807) is 26.0 Å². The zero-order chi connectivity index (χ0) is 14.9. The lowest BCUT2D eigenvalue weighted by atomic mass is 10.0. The van der Waals surface area contributed by atoms with Crippen LogP contribution in [0.25, 0.3) is 10.1 Å². The summed E-state index contributed by atoms with van der Waals surface area (Å²) in [6.45, 7) is 3.42. The summed E-state index contributed by atoms with van der Waals surface area (Å²) in [7, 11) is 0. The normalized spacial score (nSPS) is 12.6. The van der Waals surface area contributed by atoms with Crippen LogP contribution in [0.3, 0.4) is 0 Å². The Morgan fingerprint density at radius 1 is 1.35 bits per heavy atom. The lowest BCUT2D eigenvalue weighted by Gasteiger charge is -2.17. The third-order valence-electron chi connectivity index (χ3n) is 2.95. The van der Waals surface area contributed by atoms with E-state index < -0.39 is 23.7 Å². The Hall–Kier alpha value is -1.95. The molecule has 0 bridgehead atoms. The van der Waals surface area contributed by atoms with Crippen molar-refractivity contribution < 1.29 is 19.1 Å². The number of hydrogen-bond donors (Lipinski definition) is 2. The Morgan fingerprint density at radius 3 is 2.60 bits per heavy atom. The highest BCUT2D eigenvalue weighted by Gasteiger charge is 2.24. The lowest BCUT2D eigenvalue weighted by molar-refractivity contribution is -0.140. The van der Waals surface area contributed by atoms with E-state index in [4.69, 9.17) is 5.11 Å². The molecule has 1 atom stereocenters. The molecular weight excluding hydrogens is 281 g/mol. The predicted octanol–water partition coefficient (Wildman–Crippen LogP) is 2.88. The second-order valence-electron chi connectivity index (χ2n) is 4.80. The maximum absolute atomic E-state index is 13.6. The molecule has 0 radical (unpaired) electrons. The second-order valence-corrected chi connectivity index (χ2v) is 5.88. The van der Waals surface area contributed by atoms with E-state index in [9.17, 15) is 14.0 Å². The smallest absolute Gasteiger partial charge is 0.326 e. The Labute approximate surface area is 119 Å². The van der Waals surface area contributed by atoms with E-state index in [0.717, 1.165) is 11.3 Å². The molecule has 1 amide bonds.